The molecule has 2 aliphatic heterocycles. The molecule has 0 bridgehead atoms. The Bertz CT molecular complexity index is 1210. The van der Waals surface area contributed by atoms with Crippen molar-refractivity contribution in [1.29, 1.82) is 0 Å². The molecule has 5 rings (SSSR count). The summed E-state index contributed by atoms with van der Waals surface area (Å²) in [6.45, 7) is 11.6. The van der Waals surface area contributed by atoms with Gasteiger partial charge in [-0.1, -0.05) is 49.8 Å². The van der Waals surface area contributed by atoms with Crippen LogP contribution >= 0.6 is 22.9 Å². The zero-order valence-corrected chi connectivity index (χ0v) is 21.2. The van der Waals surface area contributed by atoms with E-state index in [9.17, 15) is 9.90 Å². The van der Waals surface area contributed by atoms with Gasteiger partial charge in [-0.05, 0) is 35.2 Å². The van der Waals surface area contributed by atoms with Crippen LogP contribution in [0.4, 0.5) is 10.8 Å². The van der Waals surface area contributed by atoms with Crippen LogP contribution in [0.3, 0.4) is 0 Å². The number of carboxylic acid groups (broad SMARTS) is 1. The lowest BCUT2D eigenvalue weighted by Gasteiger charge is -2.25. The number of aryl methyl sites for hydroxylation is 1. The number of rotatable bonds is 5. The number of thiazole rings is 1. The molecule has 4 heterocycles. The summed E-state index contributed by atoms with van der Waals surface area (Å²) in [5, 5.41) is 23.9. The molecule has 0 amide bonds. The lowest BCUT2D eigenvalue weighted by atomic mass is 9.87. The zero-order valence-electron chi connectivity index (χ0n) is 19.6. The Morgan fingerprint density at radius 2 is 1.85 bits per heavy atom. The fraction of sp³-hybridized carbons (Fsp3) is 0.522. The van der Waals surface area contributed by atoms with Gasteiger partial charge in [-0.25, -0.2) is 9.78 Å². The van der Waals surface area contributed by atoms with Gasteiger partial charge in [0.2, 0.25) is 5.82 Å². The minimum atomic E-state index is -0.980. The Morgan fingerprint density at radius 3 is 2.50 bits per heavy atom. The number of carboxylic acids is 1. The largest absolute Gasteiger partial charge is 0.480 e. The van der Waals surface area contributed by atoms with Gasteiger partial charge in [-0.2, -0.15) is 0 Å². The first-order valence-corrected chi connectivity index (χ1v) is 12.5. The summed E-state index contributed by atoms with van der Waals surface area (Å²) >= 11 is 7.76. The smallest absolute Gasteiger partial charge is 0.331 e. The van der Waals surface area contributed by atoms with Gasteiger partial charge in [-0.3, -0.25) is 0 Å². The van der Waals surface area contributed by atoms with Crippen molar-refractivity contribution in [3.63, 3.8) is 0 Å². The van der Waals surface area contributed by atoms with Gasteiger partial charge in [0.05, 0.1) is 11.1 Å². The summed E-state index contributed by atoms with van der Waals surface area (Å²) in [7, 11) is 0. The molecule has 0 aliphatic carbocycles. The molecule has 3 atom stereocenters. The van der Waals surface area contributed by atoms with E-state index in [1.54, 1.807) is 6.20 Å². The first-order valence-electron chi connectivity index (χ1n) is 11.3. The van der Waals surface area contributed by atoms with Gasteiger partial charge < -0.3 is 14.9 Å². The molecule has 1 aromatic carbocycles. The number of hydrogen-bond donors (Lipinski definition) is 1. The predicted molar refractivity (Wildman–Crippen MR) is 133 cm³/mol. The monoisotopic (exact) mass is 501 g/mol. The summed E-state index contributed by atoms with van der Waals surface area (Å²) in [6, 6.07) is 5.19. The molecule has 2 aliphatic rings. The van der Waals surface area contributed by atoms with E-state index in [0.29, 0.717) is 17.7 Å². The van der Waals surface area contributed by atoms with E-state index in [0.717, 1.165) is 41.2 Å². The summed E-state index contributed by atoms with van der Waals surface area (Å²) in [6.07, 6.45) is 1.75. The molecule has 180 valence electrons. The van der Waals surface area contributed by atoms with Crippen LogP contribution in [0.15, 0.2) is 24.4 Å². The van der Waals surface area contributed by atoms with Crippen LogP contribution in [-0.2, 0) is 4.79 Å². The van der Waals surface area contributed by atoms with E-state index in [-0.39, 0.29) is 0 Å². The van der Waals surface area contributed by atoms with E-state index >= 15 is 0 Å². The zero-order chi connectivity index (χ0) is 24.2. The molecule has 0 radical (unpaired) electrons. The number of anilines is 2. The second kappa shape index (κ2) is 8.49. The number of carbonyl (C=O) groups is 1. The number of fused-ring (bicyclic) bond motifs is 1. The maximum absolute atomic E-state index is 11.8. The highest BCUT2D eigenvalue weighted by atomic mass is 35.5. The Labute approximate surface area is 207 Å². The van der Waals surface area contributed by atoms with Gasteiger partial charge in [-0.15, -0.1) is 15.0 Å². The van der Waals surface area contributed by atoms with Crippen LogP contribution in [0.25, 0.3) is 10.7 Å². The molecule has 1 N–H and O–H groups in total. The van der Waals surface area contributed by atoms with Crippen molar-refractivity contribution in [3.05, 3.63) is 35.0 Å². The standard InChI is InChI=1S/C23H28ClN7O2S/c1-13-5-6-16(24)7-17(13)29-9-14-11-30(12-15(14)10-29)22-25-8-18(34-22)20-26-28-31(27-20)19(21(32)33)23(2,3)4/h5-8,14-15,19H,9-12H2,1-4H3,(H,32,33). The SMILES string of the molecule is Cc1ccc(Cl)cc1N1CC2CN(c3ncc(-c4nnn(C(C(=O)O)C(C)(C)C)n4)s3)CC2C1. The molecule has 34 heavy (non-hydrogen) atoms. The Morgan fingerprint density at radius 1 is 1.18 bits per heavy atom. The molecule has 11 heteroatoms. The van der Waals surface area contributed by atoms with Crippen molar-refractivity contribution < 1.29 is 9.90 Å². The summed E-state index contributed by atoms with van der Waals surface area (Å²) < 4.78 is 0. The fourth-order valence-corrected chi connectivity index (χ4v) is 6.06. The van der Waals surface area contributed by atoms with Crippen LogP contribution < -0.4 is 9.80 Å². The van der Waals surface area contributed by atoms with Gasteiger partial charge >= 0.3 is 5.97 Å². The Balaban J connectivity index is 1.27. The van der Waals surface area contributed by atoms with Crippen molar-refractivity contribution in [3.8, 4) is 10.7 Å². The molecule has 2 saturated heterocycles. The fourth-order valence-electron chi connectivity index (χ4n) is 5.03. The number of halogens is 1. The first kappa shape index (κ1) is 23.0. The normalized spacial score (nSPS) is 21.2. The number of aromatic nitrogens is 5. The number of tetrazole rings is 1. The van der Waals surface area contributed by atoms with Gasteiger partial charge in [0, 0.05) is 48.7 Å². The Kier molecular flexibility index (Phi) is 5.76. The number of aliphatic carboxylic acids is 1. The summed E-state index contributed by atoms with van der Waals surface area (Å²) in [5.41, 5.74) is 1.94. The van der Waals surface area contributed by atoms with Gasteiger partial charge in [0.25, 0.3) is 0 Å². The van der Waals surface area contributed by atoms with Crippen LogP contribution in [0, 0.1) is 24.2 Å². The van der Waals surface area contributed by atoms with Crippen LogP contribution in [0.2, 0.25) is 5.02 Å². The molecule has 3 unspecified atom stereocenters. The van der Waals surface area contributed by atoms with E-state index in [2.05, 4.69) is 49.3 Å². The minimum absolute atomic E-state index is 0.404. The average molecular weight is 502 g/mol. The van der Waals surface area contributed by atoms with E-state index in [1.165, 1.54) is 27.4 Å². The summed E-state index contributed by atoms with van der Waals surface area (Å²) in [4.78, 5) is 23.2. The van der Waals surface area contributed by atoms with Crippen molar-refractivity contribution >= 4 is 39.7 Å². The highest BCUT2D eigenvalue weighted by Crippen LogP contribution is 2.40. The lowest BCUT2D eigenvalue weighted by molar-refractivity contribution is -0.145. The van der Waals surface area contributed by atoms with Gasteiger partial charge in [0.1, 0.15) is 0 Å². The van der Waals surface area contributed by atoms with E-state index in [4.69, 9.17) is 11.6 Å². The molecule has 0 saturated carbocycles. The average Bonchev–Trinajstić information content (AvgIpc) is 3.50. The van der Waals surface area contributed by atoms with Crippen molar-refractivity contribution in [2.24, 2.45) is 17.3 Å². The maximum atomic E-state index is 11.8. The molecular weight excluding hydrogens is 474 g/mol. The quantitative estimate of drug-likeness (QED) is 0.559. The third-order valence-corrected chi connectivity index (χ3v) is 7.99. The van der Waals surface area contributed by atoms with Crippen LogP contribution in [-0.4, -0.2) is 62.4 Å². The molecule has 0 spiro atoms. The first-order chi connectivity index (χ1) is 16.1. The van der Waals surface area contributed by atoms with E-state index < -0.39 is 17.4 Å². The molecule has 9 nitrogen and oxygen atoms in total. The Hall–Kier alpha value is -2.72. The number of hydrogen-bond acceptors (Lipinski definition) is 8. The highest BCUT2D eigenvalue weighted by Gasteiger charge is 2.41. The second-order valence-electron chi connectivity index (χ2n) is 10.3. The number of nitrogens with zero attached hydrogens (tertiary/aromatic N) is 7. The second-order valence-corrected chi connectivity index (χ2v) is 11.8. The molecular formula is C23H28ClN7O2S. The maximum Gasteiger partial charge on any atom is 0.331 e. The third kappa shape index (κ3) is 4.24. The van der Waals surface area contributed by atoms with Crippen molar-refractivity contribution in [2.45, 2.75) is 33.7 Å². The topological polar surface area (TPSA) is 100 Å². The minimum Gasteiger partial charge on any atom is -0.480 e. The molecule has 3 aromatic rings. The predicted octanol–water partition coefficient (Wildman–Crippen LogP) is 4.00. The van der Waals surface area contributed by atoms with E-state index in [1.807, 2.05) is 26.8 Å². The highest BCUT2D eigenvalue weighted by molar-refractivity contribution is 7.18. The van der Waals surface area contributed by atoms with Crippen LogP contribution in [0.1, 0.15) is 32.4 Å². The van der Waals surface area contributed by atoms with Crippen molar-refractivity contribution in [1.82, 2.24) is 25.2 Å². The lowest BCUT2D eigenvalue weighted by Crippen LogP contribution is -2.33. The van der Waals surface area contributed by atoms with Gasteiger partial charge in [0.15, 0.2) is 11.2 Å². The third-order valence-electron chi connectivity index (χ3n) is 6.70. The molecule has 2 fully saturated rings. The summed E-state index contributed by atoms with van der Waals surface area (Å²) in [5.74, 6) is 0.578. The van der Waals surface area contributed by atoms with Crippen molar-refractivity contribution in [2.75, 3.05) is 36.0 Å². The van der Waals surface area contributed by atoms with Crippen LogP contribution in [0.5, 0.6) is 0 Å². The molecule has 2 aromatic heterocycles. The number of benzene rings is 1.